The van der Waals surface area contributed by atoms with Crippen molar-refractivity contribution >= 4 is 23.2 Å². The van der Waals surface area contributed by atoms with E-state index < -0.39 is 6.04 Å². The number of aromatic nitrogens is 3. The molecule has 7 nitrogen and oxygen atoms in total. The summed E-state index contributed by atoms with van der Waals surface area (Å²) in [4.78, 5) is 36.3. The molecule has 1 unspecified atom stereocenters. The number of nitrogens with zero attached hydrogens (tertiary/aromatic N) is 4. The minimum absolute atomic E-state index is 0.0544. The summed E-state index contributed by atoms with van der Waals surface area (Å²) in [5, 5.41) is 4.85. The van der Waals surface area contributed by atoms with E-state index in [1.807, 2.05) is 40.4 Å². The van der Waals surface area contributed by atoms with Crippen LogP contribution in [0.15, 0.2) is 54.6 Å². The number of carbonyl (C=O) groups is 2. The van der Waals surface area contributed by atoms with Gasteiger partial charge in [-0.25, -0.2) is 9.97 Å². The van der Waals surface area contributed by atoms with E-state index in [1.54, 1.807) is 23.6 Å². The van der Waals surface area contributed by atoms with Crippen LogP contribution in [-0.2, 0) is 11.3 Å². The number of rotatable bonds is 5. The molecule has 0 bridgehead atoms. The molecule has 1 atom stereocenters. The second-order valence-corrected chi connectivity index (χ2v) is 7.65. The Morgan fingerprint density at radius 2 is 2.18 bits per heavy atom. The summed E-state index contributed by atoms with van der Waals surface area (Å²) in [6.45, 7) is 1.00. The number of hydrogen-bond donors (Lipinski definition) is 1. The fourth-order valence-electron chi connectivity index (χ4n) is 3.36. The van der Waals surface area contributed by atoms with Crippen molar-refractivity contribution in [2.24, 2.45) is 0 Å². The molecule has 1 fully saturated rings. The van der Waals surface area contributed by atoms with E-state index in [0.717, 1.165) is 24.2 Å². The fourth-order valence-corrected chi connectivity index (χ4v) is 4.04. The quantitative estimate of drug-likeness (QED) is 0.720. The summed E-state index contributed by atoms with van der Waals surface area (Å²) in [6, 6.07) is 7.07. The standard InChI is InChI=1S/C20H21N5O2S/c26-19(16-4-1-2-9-25(16)20(27)17-5-3-11-28-17)23-13-15-6-7-18(22-12-15)24-10-8-21-14-24/h3,5-8,10-12,14,16H,1-2,4,9,13H2,(H,23,26). The lowest BCUT2D eigenvalue weighted by Crippen LogP contribution is -2.51. The molecule has 2 amide bonds. The van der Waals surface area contributed by atoms with Crippen LogP contribution < -0.4 is 5.32 Å². The fraction of sp³-hybridized carbons (Fsp3) is 0.300. The van der Waals surface area contributed by atoms with E-state index in [-0.39, 0.29) is 11.8 Å². The van der Waals surface area contributed by atoms with Gasteiger partial charge in [0, 0.05) is 31.7 Å². The van der Waals surface area contributed by atoms with E-state index in [1.165, 1.54) is 11.3 Å². The number of pyridine rings is 1. The third kappa shape index (κ3) is 3.96. The number of thiophene rings is 1. The Morgan fingerprint density at radius 1 is 1.25 bits per heavy atom. The lowest BCUT2D eigenvalue weighted by Gasteiger charge is -2.34. The van der Waals surface area contributed by atoms with E-state index in [9.17, 15) is 9.59 Å². The van der Waals surface area contributed by atoms with Crippen molar-refractivity contribution in [2.45, 2.75) is 31.8 Å². The summed E-state index contributed by atoms with van der Waals surface area (Å²) < 4.78 is 1.82. The highest BCUT2D eigenvalue weighted by atomic mass is 32.1. The van der Waals surface area contributed by atoms with Gasteiger partial charge in [0.05, 0.1) is 4.88 Å². The number of piperidine rings is 1. The minimum atomic E-state index is -0.415. The van der Waals surface area contributed by atoms with Gasteiger partial charge in [-0.1, -0.05) is 12.1 Å². The molecule has 0 aliphatic carbocycles. The Morgan fingerprint density at radius 3 is 2.89 bits per heavy atom. The predicted octanol–water partition coefficient (Wildman–Crippen LogP) is 2.64. The predicted molar refractivity (Wildman–Crippen MR) is 106 cm³/mol. The number of imidazole rings is 1. The van der Waals surface area contributed by atoms with E-state index in [2.05, 4.69) is 15.3 Å². The van der Waals surface area contributed by atoms with Gasteiger partial charge in [0.25, 0.3) is 5.91 Å². The maximum Gasteiger partial charge on any atom is 0.264 e. The highest BCUT2D eigenvalue weighted by Gasteiger charge is 2.32. The summed E-state index contributed by atoms with van der Waals surface area (Å²) in [6.07, 6.45) is 9.53. The van der Waals surface area contributed by atoms with Crippen molar-refractivity contribution in [1.82, 2.24) is 24.8 Å². The van der Waals surface area contributed by atoms with Crippen molar-refractivity contribution in [3.05, 3.63) is 65.0 Å². The van der Waals surface area contributed by atoms with Crippen LogP contribution in [0.4, 0.5) is 0 Å². The van der Waals surface area contributed by atoms with Gasteiger partial charge in [-0.15, -0.1) is 11.3 Å². The second kappa shape index (κ2) is 8.35. The van der Waals surface area contributed by atoms with Crippen LogP contribution in [-0.4, -0.2) is 43.8 Å². The molecule has 1 saturated heterocycles. The normalized spacial score (nSPS) is 16.7. The number of nitrogens with one attached hydrogen (secondary N) is 1. The molecule has 4 heterocycles. The van der Waals surface area contributed by atoms with Gasteiger partial charge in [-0.3, -0.25) is 14.2 Å². The average molecular weight is 395 g/mol. The molecule has 0 saturated carbocycles. The summed E-state index contributed by atoms with van der Waals surface area (Å²) in [5.74, 6) is 0.608. The molecule has 1 aliphatic heterocycles. The van der Waals surface area contributed by atoms with E-state index >= 15 is 0 Å². The summed E-state index contributed by atoms with van der Waals surface area (Å²) in [7, 11) is 0. The van der Waals surface area contributed by atoms with E-state index in [0.29, 0.717) is 24.4 Å². The van der Waals surface area contributed by atoms with Crippen LogP contribution in [0.3, 0.4) is 0 Å². The smallest absolute Gasteiger partial charge is 0.264 e. The summed E-state index contributed by atoms with van der Waals surface area (Å²) in [5.41, 5.74) is 0.907. The van der Waals surface area contributed by atoms with Crippen LogP contribution >= 0.6 is 11.3 Å². The maximum atomic E-state index is 12.8. The van der Waals surface area contributed by atoms with Crippen molar-refractivity contribution in [2.75, 3.05) is 6.54 Å². The van der Waals surface area contributed by atoms with Gasteiger partial charge >= 0.3 is 0 Å². The molecule has 1 N–H and O–H groups in total. The van der Waals surface area contributed by atoms with Crippen LogP contribution in [0.5, 0.6) is 0 Å². The lowest BCUT2D eigenvalue weighted by atomic mass is 10.0. The van der Waals surface area contributed by atoms with Crippen molar-refractivity contribution in [1.29, 1.82) is 0 Å². The zero-order chi connectivity index (χ0) is 19.3. The molecule has 8 heteroatoms. The Balaban J connectivity index is 1.38. The van der Waals surface area contributed by atoms with Crippen LogP contribution in [0, 0.1) is 0 Å². The average Bonchev–Trinajstić information content (AvgIpc) is 3.46. The third-order valence-corrected chi connectivity index (χ3v) is 5.70. The lowest BCUT2D eigenvalue weighted by molar-refractivity contribution is -0.126. The number of carbonyl (C=O) groups excluding carboxylic acids is 2. The molecule has 3 aromatic heterocycles. The molecule has 0 aromatic carbocycles. The Labute approximate surface area is 167 Å². The molecule has 1 aliphatic rings. The van der Waals surface area contributed by atoms with Crippen molar-refractivity contribution < 1.29 is 9.59 Å². The topological polar surface area (TPSA) is 80.1 Å². The van der Waals surface area contributed by atoms with Crippen LogP contribution in [0.1, 0.15) is 34.5 Å². The van der Waals surface area contributed by atoms with Crippen molar-refractivity contribution in [3.63, 3.8) is 0 Å². The maximum absolute atomic E-state index is 12.8. The van der Waals surface area contributed by atoms with Gasteiger partial charge < -0.3 is 10.2 Å². The number of hydrogen-bond acceptors (Lipinski definition) is 5. The SMILES string of the molecule is O=C(NCc1ccc(-n2ccnc2)nc1)C1CCCCN1C(=O)c1cccs1. The first-order valence-corrected chi connectivity index (χ1v) is 10.2. The van der Waals surface area contributed by atoms with Crippen LogP contribution in [0.2, 0.25) is 0 Å². The van der Waals surface area contributed by atoms with Crippen LogP contribution in [0.25, 0.3) is 5.82 Å². The Bertz CT molecular complexity index is 922. The summed E-state index contributed by atoms with van der Waals surface area (Å²) >= 11 is 1.41. The molecular weight excluding hydrogens is 374 g/mol. The van der Waals surface area contributed by atoms with Gasteiger partial charge in [0.15, 0.2) is 0 Å². The largest absolute Gasteiger partial charge is 0.350 e. The molecular formula is C20H21N5O2S. The van der Waals surface area contributed by atoms with Gasteiger partial charge in [0.1, 0.15) is 18.2 Å². The first kappa shape index (κ1) is 18.4. The Hall–Kier alpha value is -3.00. The van der Waals surface area contributed by atoms with Crippen molar-refractivity contribution in [3.8, 4) is 5.82 Å². The van der Waals surface area contributed by atoms with Gasteiger partial charge in [0.2, 0.25) is 5.91 Å². The third-order valence-electron chi connectivity index (χ3n) is 4.84. The van der Waals surface area contributed by atoms with Gasteiger partial charge in [-0.2, -0.15) is 0 Å². The monoisotopic (exact) mass is 395 g/mol. The van der Waals surface area contributed by atoms with E-state index in [4.69, 9.17) is 0 Å². The highest BCUT2D eigenvalue weighted by Crippen LogP contribution is 2.22. The number of amides is 2. The first-order chi connectivity index (χ1) is 13.7. The number of likely N-dealkylation sites (tertiary alicyclic amines) is 1. The Kier molecular flexibility index (Phi) is 5.48. The zero-order valence-electron chi connectivity index (χ0n) is 15.3. The first-order valence-electron chi connectivity index (χ1n) is 9.28. The molecule has 0 spiro atoms. The second-order valence-electron chi connectivity index (χ2n) is 6.70. The zero-order valence-corrected chi connectivity index (χ0v) is 16.1. The highest BCUT2D eigenvalue weighted by molar-refractivity contribution is 7.12. The minimum Gasteiger partial charge on any atom is -0.350 e. The molecule has 144 valence electrons. The van der Waals surface area contributed by atoms with Gasteiger partial charge in [-0.05, 0) is 42.3 Å². The molecule has 4 rings (SSSR count). The molecule has 28 heavy (non-hydrogen) atoms. The molecule has 3 aromatic rings. The molecule has 0 radical (unpaired) electrons.